The molecular formula is C21H15FIN6OP. The summed E-state index contributed by atoms with van der Waals surface area (Å²) in [6.07, 6.45) is 1.38. The van der Waals surface area contributed by atoms with E-state index in [4.69, 9.17) is 5.73 Å². The molecular weight excluding hydrogens is 529 g/mol. The minimum Gasteiger partial charge on any atom is -0.383 e. The Kier molecular flexibility index (Phi) is 4.94. The molecule has 0 saturated heterocycles. The van der Waals surface area contributed by atoms with E-state index >= 15 is 0 Å². The number of anilines is 1. The molecule has 2 aromatic carbocycles. The number of para-hydroxylation sites is 1. The van der Waals surface area contributed by atoms with Crippen LogP contribution in [0.5, 0.6) is 0 Å². The summed E-state index contributed by atoms with van der Waals surface area (Å²) in [5.74, 6) is -0.211. The molecule has 3 aromatic heterocycles. The van der Waals surface area contributed by atoms with Crippen LogP contribution in [0.25, 0.3) is 27.5 Å². The molecule has 5 aromatic rings. The standard InChI is InChI=1S/C21H15FIN6OP/c22-13-5-3-4-11-8-12(9-28-20-17(18(23)27-28)19(24)25-10-26-20)29(21(30)16(11)13)14-6-1-2-7-15(14)31/h1-8,10H,9,31H2,(H2,24,25,26). The second-order valence-electron chi connectivity index (χ2n) is 6.95. The van der Waals surface area contributed by atoms with Crippen LogP contribution in [0, 0.1) is 9.52 Å². The fraction of sp³-hybridized carbons (Fsp3) is 0.0476. The molecule has 3 heterocycles. The lowest BCUT2D eigenvalue weighted by molar-refractivity contribution is 0.635. The molecule has 0 amide bonds. The molecule has 1 atom stereocenters. The first-order valence-corrected chi connectivity index (χ1v) is 10.9. The van der Waals surface area contributed by atoms with Gasteiger partial charge in [0.05, 0.1) is 23.0 Å². The molecule has 7 nitrogen and oxygen atoms in total. The Hall–Kier alpha value is -2.91. The summed E-state index contributed by atoms with van der Waals surface area (Å²) in [6.45, 7) is 0.233. The molecule has 31 heavy (non-hydrogen) atoms. The Morgan fingerprint density at radius 1 is 1.10 bits per heavy atom. The zero-order valence-corrected chi connectivity index (χ0v) is 19.3. The van der Waals surface area contributed by atoms with Crippen molar-refractivity contribution < 1.29 is 4.39 Å². The molecule has 0 saturated carbocycles. The number of pyridine rings is 1. The van der Waals surface area contributed by atoms with Crippen LogP contribution in [0.2, 0.25) is 0 Å². The highest BCUT2D eigenvalue weighted by Crippen LogP contribution is 2.24. The van der Waals surface area contributed by atoms with Gasteiger partial charge in [-0.05, 0) is 51.5 Å². The number of nitrogens with zero attached hydrogens (tertiary/aromatic N) is 5. The number of nitrogens with two attached hydrogens (primary N) is 1. The van der Waals surface area contributed by atoms with Gasteiger partial charge in [-0.25, -0.2) is 19.0 Å². The van der Waals surface area contributed by atoms with Crippen molar-refractivity contribution in [2.45, 2.75) is 6.54 Å². The number of benzene rings is 2. The quantitative estimate of drug-likeness (QED) is 0.279. The summed E-state index contributed by atoms with van der Waals surface area (Å²) in [6, 6.07) is 13.8. The lowest BCUT2D eigenvalue weighted by Crippen LogP contribution is -2.27. The van der Waals surface area contributed by atoms with Crippen molar-refractivity contribution in [2.24, 2.45) is 0 Å². The monoisotopic (exact) mass is 544 g/mol. The van der Waals surface area contributed by atoms with Gasteiger partial charge in [0.25, 0.3) is 5.56 Å². The number of hydrogen-bond donors (Lipinski definition) is 1. The van der Waals surface area contributed by atoms with Gasteiger partial charge in [-0.1, -0.05) is 30.3 Å². The summed E-state index contributed by atoms with van der Waals surface area (Å²) in [4.78, 5) is 21.8. The third-order valence-corrected chi connectivity index (χ3v) is 6.32. The fourth-order valence-electron chi connectivity index (χ4n) is 3.69. The molecule has 0 aliphatic carbocycles. The van der Waals surface area contributed by atoms with Crippen LogP contribution in [0.3, 0.4) is 0 Å². The maximum Gasteiger partial charge on any atom is 0.266 e. The van der Waals surface area contributed by atoms with E-state index in [2.05, 4.69) is 46.9 Å². The highest BCUT2D eigenvalue weighted by molar-refractivity contribution is 14.1. The van der Waals surface area contributed by atoms with E-state index < -0.39 is 11.4 Å². The number of rotatable bonds is 3. The maximum atomic E-state index is 14.6. The fourth-order valence-corrected chi connectivity index (χ4v) is 4.81. The van der Waals surface area contributed by atoms with Gasteiger partial charge in [-0.15, -0.1) is 9.24 Å². The highest BCUT2D eigenvalue weighted by Gasteiger charge is 2.19. The van der Waals surface area contributed by atoms with Gasteiger partial charge in [-0.3, -0.25) is 9.36 Å². The third-order valence-electron chi connectivity index (χ3n) is 5.08. The molecule has 0 spiro atoms. The van der Waals surface area contributed by atoms with Crippen LogP contribution in [0.4, 0.5) is 10.2 Å². The highest BCUT2D eigenvalue weighted by atomic mass is 127. The SMILES string of the molecule is Nc1ncnc2c1c(I)nn2Cc1cc2cccc(F)c2c(=O)n1-c1ccccc1P. The van der Waals surface area contributed by atoms with Crippen molar-refractivity contribution in [1.29, 1.82) is 0 Å². The van der Waals surface area contributed by atoms with E-state index in [-0.39, 0.29) is 11.9 Å². The average molecular weight is 544 g/mol. The largest absolute Gasteiger partial charge is 0.383 e. The summed E-state index contributed by atoms with van der Waals surface area (Å²) in [5, 5.41) is 6.60. The summed E-state index contributed by atoms with van der Waals surface area (Å²) < 4.78 is 18.5. The summed E-state index contributed by atoms with van der Waals surface area (Å²) in [7, 11) is 2.62. The van der Waals surface area contributed by atoms with E-state index in [1.54, 1.807) is 16.8 Å². The van der Waals surface area contributed by atoms with Gasteiger partial charge in [0.2, 0.25) is 0 Å². The predicted octanol–water partition coefficient (Wildman–Crippen LogP) is 3.01. The second-order valence-corrected chi connectivity index (χ2v) is 8.59. The van der Waals surface area contributed by atoms with E-state index in [9.17, 15) is 9.18 Å². The van der Waals surface area contributed by atoms with Crippen LogP contribution in [-0.2, 0) is 6.54 Å². The molecule has 10 heteroatoms. The first-order chi connectivity index (χ1) is 15.0. The van der Waals surface area contributed by atoms with Crippen LogP contribution in [0.15, 0.2) is 59.7 Å². The maximum absolute atomic E-state index is 14.6. The van der Waals surface area contributed by atoms with E-state index in [0.29, 0.717) is 37.3 Å². The van der Waals surface area contributed by atoms with Crippen LogP contribution in [0.1, 0.15) is 5.69 Å². The van der Waals surface area contributed by atoms with Crippen molar-refractivity contribution in [3.05, 3.63) is 80.4 Å². The Balaban J connectivity index is 1.82. The number of halogens is 2. The normalized spacial score (nSPS) is 11.5. The van der Waals surface area contributed by atoms with Gasteiger partial charge >= 0.3 is 0 Å². The van der Waals surface area contributed by atoms with Crippen LogP contribution in [-0.4, -0.2) is 24.3 Å². The van der Waals surface area contributed by atoms with Crippen molar-refractivity contribution in [1.82, 2.24) is 24.3 Å². The van der Waals surface area contributed by atoms with Crippen LogP contribution >= 0.6 is 31.8 Å². The first-order valence-electron chi connectivity index (χ1n) is 9.26. The molecule has 0 aliphatic heterocycles. The Labute approximate surface area is 191 Å². The zero-order valence-electron chi connectivity index (χ0n) is 16.0. The smallest absolute Gasteiger partial charge is 0.266 e. The molecule has 154 valence electrons. The third kappa shape index (κ3) is 3.28. The van der Waals surface area contributed by atoms with Gasteiger partial charge in [0.15, 0.2) is 5.65 Å². The molecule has 5 rings (SSSR count). The lowest BCUT2D eigenvalue weighted by Gasteiger charge is -2.17. The van der Waals surface area contributed by atoms with Gasteiger partial charge in [0.1, 0.15) is 21.7 Å². The van der Waals surface area contributed by atoms with Gasteiger partial charge in [0, 0.05) is 5.69 Å². The molecule has 0 fully saturated rings. The Morgan fingerprint density at radius 3 is 2.71 bits per heavy atom. The first kappa shape index (κ1) is 20.0. The Morgan fingerprint density at radius 2 is 1.90 bits per heavy atom. The van der Waals surface area contributed by atoms with Crippen molar-refractivity contribution >= 4 is 64.8 Å². The number of fused-ring (bicyclic) bond motifs is 2. The molecule has 2 N–H and O–H groups in total. The molecule has 0 bridgehead atoms. The number of nitrogen functional groups attached to an aromatic ring is 1. The Bertz CT molecular complexity index is 1550. The van der Waals surface area contributed by atoms with Crippen molar-refractivity contribution in [2.75, 3.05) is 5.73 Å². The predicted molar refractivity (Wildman–Crippen MR) is 130 cm³/mol. The minimum absolute atomic E-state index is 0.0472. The van der Waals surface area contributed by atoms with Gasteiger partial charge < -0.3 is 5.73 Å². The molecule has 0 radical (unpaired) electrons. The average Bonchev–Trinajstić information content (AvgIpc) is 3.05. The molecule has 0 aliphatic rings. The number of aromatic nitrogens is 5. The van der Waals surface area contributed by atoms with E-state index in [1.165, 1.54) is 17.0 Å². The van der Waals surface area contributed by atoms with Crippen molar-refractivity contribution in [3.63, 3.8) is 0 Å². The second kappa shape index (κ2) is 7.65. The lowest BCUT2D eigenvalue weighted by atomic mass is 10.1. The van der Waals surface area contributed by atoms with E-state index in [1.807, 2.05) is 30.3 Å². The zero-order chi connectivity index (χ0) is 21.7. The topological polar surface area (TPSA) is 91.6 Å². The minimum atomic E-state index is -0.552. The van der Waals surface area contributed by atoms with Crippen LogP contribution < -0.4 is 16.6 Å². The summed E-state index contributed by atoms with van der Waals surface area (Å²) >= 11 is 2.08. The van der Waals surface area contributed by atoms with Crippen molar-refractivity contribution in [3.8, 4) is 5.69 Å². The van der Waals surface area contributed by atoms with E-state index in [0.717, 1.165) is 5.30 Å². The number of hydrogen-bond acceptors (Lipinski definition) is 5. The van der Waals surface area contributed by atoms with Gasteiger partial charge in [-0.2, -0.15) is 5.10 Å². The molecule has 1 unspecified atom stereocenters. The summed E-state index contributed by atoms with van der Waals surface area (Å²) in [5.41, 5.74) is 7.43.